The number of Topliss-reactive ketones (excluding diaryl/α,β-unsaturated/α-hetero) is 1. The summed E-state index contributed by atoms with van der Waals surface area (Å²) in [5.41, 5.74) is 4.29. The van der Waals surface area contributed by atoms with Crippen molar-refractivity contribution in [3.8, 4) is 22.6 Å². The Morgan fingerprint density at radius 2 is 1.45 bits per heavy atom. The Bertz CT molecular complexity index is 1040. The average molecular weight is 449 g/mol. The minimum absolute atomic E-state index is 0.0273. The molecule has 0 saturated carbocycles. The van der Waals surface area contributed by atoms with Gasteiger partial charge < -0.3 is 19.3 Å². The SMILES string of the molecule is CO[C@@H](Cc1ccc(OCCCOc2ccccc2C(C)=O)cc1)C(=O)O.c1cc2ccc1-2. The molecule has 0 aliphatic heterocycles. The first-order chi connectivity index (χ1) is 16.0. The number of fused-ring (bicyclic) bond motifs is 1. The van der Waals surface area contributed by atoms with Gasteiger partial charge in [-0.2, -0.15) is 0 Å². The van der Waals surface area contributed by atoms with Crippen LogP contribution in [-0.4, -0.2) is 43.3 Å². The largest absolute Gasteiger partial charge is 0.493 e. The number of methoxy groups -OCH3 is 1. The molecule has 0 spiro atoms. The van der Waals surface area contributed by atoms with E-state index in [9.17, 15) is 9.59 Å². The Hall–Kier alpha value is -3.64. The summed E-state index contributed by atoms with van der Waals surface area (Å²) in [6.07, 6.45) is 0.112. The number of carboxylic acid groups (broad SMARTS) is 1. The maximum Gasteiger partial charge on any atom is 0.333 e. The van der Waals surface area contributed by atoms with Crippen molar-refractivity contribution in [2.45, 2.75) is 25.9 Å². The molecular weight excluding hydrogens is 420 g/mol. The van der Waals surface area contributed by atoms with Gasteiger partial charge in [0.1, 0.15) is 11.5 Å². The molecule has 0 fully saturated rings. The van der Waals surface area contributed by atoms with E-state index < -0.39 is 12.1 Å². The molecule has 2 aliphatic carbocycles. The predicted octanol–water partition coefficient (Wildman–Crippen LogP) is 5.05. The molecule has 0 unspecified atom stereocenters. The van der Waals surface area contributed by atoms with E-state index >= 15 is 0 Å². The Labute approximate surface area is 193 Å². The lowest BCUT2D eigenvalue weighted by Crippen LogP contribution is -2.24. The second-order valence-electron chi connectivity index (χ2n) is 7.59. The van der Waals surface area contributed by atoms with E-state index in [0.717, 1.165) is 5.56 Å². The van der Waals surface area contributed by atoms with Crippen LogP contribution in [0.1, 0.15) is 29.3 Å². The zero-order chi connectivity index (χ0) is 23.6. The van der Waals surface area contributed by atoms with Crippen molar-refractivity contribution in [1.29, 1.82) is 0 Å². The fraction of sp³-hybridized carbons (Fsp3) is 0.259. The molecule has 0 bridgehead atoms. The van der Waals surface area contributed by atoms with Gasteiger partial charge in [0.05, 0.1) is 18.8 Å². The minimum atomic E-state index is -0.982. The lowest BCUT2D eigenvalue weighted by Gasteiger charge is -2.12. The number of hydrogen-bond donors (Lipinski definition) is 1. The van der Waals surface area contributed by atoms with Crippen LogP contribution in [0.2, 0.25) is 0 Å². The van der Waals surface area contributed by atoms with Gasteiger partial charge in [-0.05, 0) is 47.9 Å². The number of carbonyl (C=O) groups is 2. The van der Waals surface area contributed by atoms with E-state index in [1.165, 1.54) is 25.2 Å². The average Bonchev–Trinajstić information content (AvgIpc) is 2.80. The molecule has 0 saturated heterocycles. The van der Waals surface area contributed by atoms with Gasteiger partial charge in [0.15, 0.2) is 11.9 Å². The van der Waals surface area contributed by atoms with Gasteiger partial charge in [-0.3, -0.25) is 4.79 Å². The van der Waals surface area contributed by atoms with Crippen LogP contribution in [-0.2, 0) is 16.0 Å². The Morgan fingerprint density at radius 1 is 0.848 bits per heavy atom. The van der Waals surface area contributed by atoms with Crippen molar-refractivity contribution < 1.29 is 28.9 Å². The normalized spacial score (nSPS) is 11.6. The van der Waals surface area contributed by atoms with E-state index in [-0.39, 0.29) is 5.78 Å². The fourth-order valence-electron chi connectivity index (χ4n) is 3.18. The summed E-state index contributed by atoms with van der Waals surface area (Å²) in [5, 5.41) is 9.01. The molecule has 6 nitrogen and oxygen atoms in total. The summed E-state index contributed by atoms with van der Waals surface area (Å²) < 4.78 is 16.3. The third-order valence-corrected chi connectivity index (χ3v) is 5.20. The maximum absolute atomic E-state index is 11.5. The highest BCUT2D eigenvalue weighted by Gasteiger charge is 2.16. The van der Waals surface area contributed by atoms with Gasteiger partial charge in [0.25, 0.3) is 0 Å². The molecule has 6 heteroatoms. The summed E-state index contributed by atoms with van der Waals surface area (Å²) in [5.74, 6) is 0.275. The van der Waals surface area contributed by atoms with Crippen LogP contribution in [0.25, 0.3) is 11.1 Å². The van der Waals surface area contributed by atoms with Crippen LogP contribution in [0, 0.1) is 0 Å². The summed E-state index contributed by atoms with van der Waals surface area (Å²) in [4.78, 5) is 22.5. The van der Waals surface area contributed by atoms with E-state index in [2.05, 4.69) is 24.3 Å². The molecular formula is C27H28O6. The van der Waals surface area contributed by atoms with Crippen LogP contribution in [0.5, 0.6) is 11.5 Å². The van der Waals surface area contributed by atoms with Crippen LogP contribution in [0.15, 0.2) is 72.8 Å². The summed E-state index contributed by atoms with van der Waals surface area (Å²) >= 11 is 0. The standard InChI is InChI=1S/C21H24O6.C6H4/c1-15(22)18-6-3-4-7-19(18)27-13-5-12-26-17-10-8-16(9-11-17)14-20(25-2)21(23)24;1-2-6-4-3-5(1)6/h3-4,6-11,20H,5,12-14H2,1-2H3,(H,23,24);1-4H/t20-;/m0./s1. The van der Waals surface area contributed by atoms with E-state index in [4.69, 9.17) is 19.3 Å². The van der Waals surface area contributed by atoms with E-state index in [1.54, 1.807) is 24.3 Å². The minimum Gasteiger partial charge on any atom is -0.493 e. The molecule has 2 aliphatic rings. The number of hydrogen-bond acceptors (Lipinski definition) is 5. The fourth-order valence-corrected chi connectivity index (χ4v) is 3.18. The molecule has 0 heterocycles. The lowest BCUT2D eigenvalue weighted by molar-refractivity contribution is -0.148. The molecule has 2 aromatic rings. The molecule has 172 valence electrons. The molecule has 33 heavy (non-hydrogen) atoms. The van der Waals surface area contributed by atoms with Crippen LogP contribution >= 0.6 is 0 Å². The summed E-state index contributed by atoms with van der Waals surface area (Å²) in [6, 6.07) is 22.9. The predicted molar refractivity (Wildman–Crippen MR) is 126 cm³/mol. The van der Waals surface area contributed by atoms with Crippen molar-refractivity contribution in [3.05, 3.63) is 83.9 Å². The molecule has 4 rings (SSSR count). The number of ether oxygens (including phenoxy) is 3. The monoisotopic (exact) mass is 448 g/mol. The summed E-state index contributed by atoms with van der Waals surface area (Å²) in [7, 11) is 1.38. The van der Waals surface area contributed by atoms with Crippen molar-refractivity contribution in [3.63, 3.8) is 0 Å². The number of carbonyl (C=O) groups excluding carboxylic acids is 1. The first kappa shape index (κ1) is 24.0. The number of rotatable bonds is 11. The third-order valence-electron chi connectivity index (χ3n) is 5.20. The Balaban J connectivity index is 0.000000431. The van der Waals surface area contributed by atoms with Crippen molar-refractivity contribution in [1.82, 2.24) is 0 Å². The van der Waals surface area contributed by atoms with Crippen molar-refractivity contribution in [2.75, 3.05) is 20.3 Å². The molecule has 0 aromatic heterocycles. The molecule has 2 aromatic carbocycles. The van der Waals surface area contributed by atoms with Gasteiger partial charge in [-0.15, -0.1) is 0 Å². The van der Waals surface area contributed by atoms with Crippen LogP contribution < -0.4 is 9.47 Å². The van der Waals surface area contributed by atoms with Crippen LogP contribution in [0.3, 0.4) is 0 Å². The highest BCUT2D eigenvalue weighted by atomic mass is 16.5. The number of para-hydroxylation sites is 1. The lowest BCUT2D eigenvalue weighted by atomic mass is 9.95. The molecule has 1 atom stereocenters. The van der Waals surface area contributed by atoms with Gasteiger partial charge in [0, 0.05) is 20.0 Å². The van der Waals surface area contributed by atoms with Gasteiger partial charge >= 0.3 is 5.97 Å². The maximum atomic E-state index is 11.5. The topological polar surface area (TPSA) is 82.1 Å². The summed E-state index contributed by atoms with van der Waals surface area (Å²) in [6.45, 7) is 2.42. The second kappa shape index (κ2) is 11.8. The zero-order valence-electron chi connectivity index (χ0n) is 18.8. The first-order valence-corrected chi connectivity index (χ1v) is 10.8. The van der Waals surface area contributed by atoms with Crippen molar-refractivity contribution >= 4 is 11.8 Å². The zero-order valence-corrected chi connectivity index (χ0v) is 18.8. The second-order valence-corrected chi connectivity index (χ2v) is 7.59. The van der Waals surface area contributed by atoms with E-state index in [1.807, 2.05) is 24.3 Å². The highest BCUT2D eigenvalue weighted by molar-refractivity contribution is 5.96. The Morgan fingerprint density at radius 3 is 1.97 bits per heavy atom. The number of carboxylic acids is 1. The third kappa shape index (κ3) is 6.92. The smallest absolute Gasteiger partial charge is 0.333 e. The number of aliphatic carboxylic acids is 1. The van der Waals surface area contributed by atoms with Crippen LogP contribution in [0.4, 0.5) is 0 Å². The quantitative estimate of drug-likeness (QED) is 0.256. The first-order valence-electron chi connectivity index (χ1n) is 10.8. The number of benzene rings is 3. The van der Waals surface area contributed by atoms with Crippen molar-refractivity contribution in [2.24, 2.45) is 0 Å². The molecule has 0 radical (unpaired) electrons. The van der Waals surface area contributed by atoms with E-state index in [0.29, 0.717) is 43.1 Å². The Kier molecular flexibility index (Phi) is 8.61. The van der Waals surface area contributed by atoms with Gasteiger partial charge in [-0.25, -0.2) is 4.79 Å². The molecule has 1 N–H and O–H groups in total. The number of ketones is 1. The van der Waals surface area contributed by atoms with Gasteiger partial charge in [-0.1, -0.05) is 48.5 Å². The molecule has 0 amide bonds. The van der Waals surface area contributed by atoms with Gasteiger partial charge in [0.2, 0.25) is 0 Å². The highest BCUT2D eigenvalue weighted by Crippen LogP contribution is 2.29.